The summed E-state index contributed by atoms with van der Waals surface area (Å²) in [5, 5.41) is 6.78. The lowest BCUT2D eigenvalue weighted by Gasteiger charge is -2.11. The molecule has 0 saturated carbocycles. The van der Waals surface area contributed by atoms with E-state index < -0.39 is 0 Å². The highest BCUT2D eigenvalue weighted by Crippen LogP contribution is 2.42. The largest absolute Gasteiger partial charge is 0.456 e. The Hall–Kier alpha value is -8.47. The van der Waals surface area contributed by atoms with Crippen LogP contribution >= 0.6 is 0 Å². The number of fused-ring (bicyclic) bond motifs is 9. The number of rotatable bonds is 6. The first kappa shape index (κ1) is 35.3. The van der Waals surface area contributed by atoms with E-state index in [1.54, 1.807) is 0 Å². The lowest BCUT2D eigenvalue weighted by molar-refractivity contribution is 0.668. The van der Waals surface area contributed by atoms with Gasteiger partial charge in [-0.1, -0.05) is 133 Å². The molecule has 0 spiro atoms. The van der Waals surface area contributed by atoms with Crippen molar-refractivity contribution in [3.8, 4) is 61.6 Å². The summed E-state index contributed by atoms with van der Waals surface area (Å²) in [7, 11) is 0. The standard InChI is InChI=1S/C59H36N2O2/c1-3-13-37(14-4-1)43-34-51(42-25-28-47-46-20-8-10-23-55(46)63-58(47)36-42)60-52(35-43)48-21-12-24-57-59(48)50-33-41(27-30-56(50)62-57)39-16-11-15-38(31-39)40-26-29-54-49(32-40)45-19-7-9-22-53(45)61(54)44-17-5-2-6-18-44/h1-36H. The number of hydrogen-bond acceptors (Lipinski definition) is 3. The number of benzene rings is 9. The van der Waals surface area contributed by atoms with Gasteiger partial charge in [0.2, 0.25) is 0 Å². The third-order valence-electron chi connectivity index (χ3n) is 12.6. The fourth-order valence-electron chi connectivity index (χ4n) is 9.60. The molecule has 0 aliphatic rings. The lowest BCUT2D eigenvalue weighted by atomic mass is 9.95. The summed E-state index contributed by atoms with van der Waals surface area (Å²) in [6.45, 7) is 0. The molecule has 0 N–H and O–H groups in total. The van der Waals surface area contributed by atoms with Gasteiger partial charge in [0.25, 0.3) is 0 Å². The monoisotopic (exact) mass is 804 g/mol. The molecule has 0 radical (unpaired) electrons. The van der Waals surface area contributed by atoms with Gasteiger partial charge in [-0.3, -0.25) is 0 Å². The summed E-state index contributed by atoms with van der Waals surface area (Å²) in [6.07, 6.45) is 0. The average molecular weight is 805 g/mol. The maximum Gasteiger partial charge on any atom is 0.136 e. The Balaban J connectivity index is 0.933. The topological polar surface area (TPSA) is 44.1 Å². The Morgan fingerprint density at radius 3 is 1.75 bits per heavy atom. The molecule has 0 atom stereocenters. The molecular formula is C59H36N2O2. The van der Waals surface area contributed by atoms with Crippen molar-refractivity contribution < 1.29 is 8.83 Å². The highest BCUT2D eigenvalue weighted by atomic mass is 16.3. The van der Waals surface area contributed by atoms with E-state index in [0.717, 1.165) is 94.3 Å². The Kier molecular flexibility index (Phi) is 7.87. The molecule has 0 aliphatic carbocycles. The van der Waals surface area contributed by atoms with Crippen molar-refractivity contribution in [2.45, 2.75) is 0 Å². The highest BCUT2D eigenvalue weighted by molar-refractivity contribution is 6.14. The second-order valence-corrected chi connectivity index (χ2v) is 16.3. The zero-order valence-electron chi connectivity index (χ0n) is 34.0. The predicted octanol–water partition coefficient (Wildman–Crippen LogP) is 16.3. The number of furan rings is 2. The molecule has 9 aromatic carbocycles. The van der Waals surface area contributed by atoms with Gasteiger partial charge in [-0.05, 0) is 118 Å². The molecule has 0 fully saturated rings. The smallest absolute Gasteiger partial charge is 0.136 e. The van der Waals surface area contributed by atoms with Gasteiger partial charge >= 0.3 is 0 Å². The first-order valence-electron chi connectivity index (χ1n) is 21.3. The van der Waals surface area contributed by atoms with Gasteiger partial charge in [0.05, 0.1) is 22.4 Å². The lowest BCUT2D eigenvalue weighted by Crippen LogP contribution is -1.92. The van der Waals surface area contributed by atoms with E-state index in [0.29, 0.717) is 0 Å². The molecule has 0 unspecified atom stereocenters. The van der Waals surface area contributed by atoms with Crippen molar-refractivity contribution in [1.82, 2.24) is 9.55 Å². The normalized spacial score (nSPS) is 11.8. The first-order chi connectivity index (χ1) is 31.2. The Bertz CT molecular complexity index is 3910. The molecule has 4 heterocycles. The molecule has 0 amide bonds. The van der Waals surface area contributed by atoms with Crippen LogP contribution in [0.2, 0.25) is 0 Å². The molecule has 4 heteroatoms. The van der Waals surface area contributed by atoms with E-state index in [9.17, 15) is 0 Å². The second kappa shape index (κ2) is 14.1. The SMILES string of the molecule is c1ccc(-c2cc(-c3ccc4c(c3)oc3ccccc34)nc(-c3cccc4oc5ccc(-c6cccc(-c7ccc8c(c7)c7ccccc7n8-c7ccccc7)c6)cc5c34)c2)cc1. The van der Waals surface area contributed by atoms with Crippen molar-refractivity contribution in [2.75, 3.05) is 0 Å². The van der Waals surface area contributed by atoms with Gasteiger partial charge in [-0.2, -0.15) is 0 Å². The van der Waals surface area contributed by atoms with Crippen LogP contribution in [0.1, 0.15) is 0 Å². The van der Waals surface area contributed by atoms with Gasteiger partial charge in [-0.25, -0.2) is 4.98 Å². The summed E-state index contributed by atoms with van der Waals surface area (Å²) < 4.78 is 15.3. The fraction of sp³-hybridized carbons (Fsp3) is 0. The van der Waals surface area contributed by atoms with Crippen LogP contribution in [0, 0.1) is 0 Å². The van der Waals surface area contributed by atoms with Gasteiger partial charge < -0.3 is 13.4 Å². The third-order valence-corrected chi connectivity index (χ3v) is 12.6. The summed E-state index contributed by atoms with van der Waals surface area (Å²) in [5.41, 5.74) is 17.5. The van der Waals surface area contributed by atoms with Crippen LogP contribution in [0.3, 0.4) is 0 Å². The van der Waals surface area contributed by atoms with Crippen molar-refractivity contribution in [3.05, 3.63) is 218 Å². The predicted molar refractivity (Wildman–Crippen MR) is 260 cm³/mol. The molecule has 0 saturated heterocycles. The fourth-order valence-corrected chi connectivity index (χ4v) is 9.60. The van der Waals surface area contributed by atoms with Crippen LogP contribution < -0.4 is 0 Å². The average Bonchev–Trinajstić information content (AvgIpc) is 4.03. The van der Waals surface area contributed by atoms with Gasteiger partial charge in [0.1, 0.15) is 22.3 Å². The van der Waals surface area contributed by atoms with Crippen LogP contribution in [0.5, 0.6) is 0 Å². The molecule has 4 nitrogen and oxygen atoms in total. The van der Waals surface area contributed by atoms with Crippen LogP contribution in [-0.2, 0) is 0 Å². The minimum atomic E-state index is 0.827. The molecule has 13 aromatic rings. The van der Waals surface area contributed by atoms with Gasteiger partial charge in [0.15, 0.2) is 0 Å². The minimum absolute atomic E-state index is 0.827. The zero-order valence-corrected chi connectivity index (χ0v) is 34.0. The molecule has 4 aromatic heterocycles. The molecular weight excluding hydrogens is 769 g/mol. The van der Waals surface area contributed by atoms with E-state index in [1.807, 2.05) is 12.1 Å². The van der Waals surface area contributed by atoms with E-state index in [2.05, 4.69) is 211 Å². The molecule has 0 bridgehead atoms. The number of aromatic nitrogens is 2. The number of hydrogen-bond donors (Lipinski definition) is 0. The van der Waals surface area contributed by atoms with Crippen LogP contribution in [0.4, 0.5) is 0 Å². The van der Waals surface area contributed by atoms with Crippen LogP contribution in [0.25, 0.3) is 127 Å². The first-order valence-corrected chi connectivity index (χ1v) is 21.3. The van der Waals surface area contributed by atoms with Gasteiger partial charge in [-0.15, -0.1) is 0 Å². The van der Waals surface area contributed by atoms with Crippen molar-refractivity contribution in [1.29, 1.82) is 0 Å². The maximum atomic E-state index is 6.57. The molecule has 0 aliphatic heterocycles. The second-order valence-electron chi connectivity index (χ2n) is 16.3. The Labute approximate surface area is 362 Å². The summed E-state index contributed by atoms with van der Waals surface area (Å²) >= 11 is 0. The quantitative estimate of drug-likeness (QED) is 0.168. The zero-order chi connectivity index (χ0) is 41.4. The van der Waals surface area contributed by atoms with Crippen LogP contribution in [-0.4, -0.2) is 9.55 Å². The number of pyridine rings is 1. The number of nitrogens with zero attached hydrogens (tertiary/aromatic N) is 2. The molecule has 294 valence electrons. The Morgan fingerprint density at radius 2 is 0.889 bits per heavy atom. The minimum Gasteiger partial charge on any atom is -0.456 e. The van der Waals surface area contributed by atoms with E-state index in [-0.39, 0.29) is 0 Å². The van der Waals surface area contributed by atoms with E-state index in [1.165, 1.54) is 32.9 Å². The summed E-state index contributed by atoms with van der Waals surface area (Å²) in [6, 6.07) is 77.4. The highest BCUT2D eigenvalue weighted by Gasteiger charge is 2.19. The van der Waals surface area contributed by atoms with Crippen molar-refractivity contribution >= 4 is 65.7 Å². The van der Waals surface area contributed by atoms with Crippen LogP contribution in [0.15, 0.2) is 227 Å². The molecule has 13 rings (SSSR count). The van der Waals surface area contributed by atoms with Crippen molar-refractivity contribution in [2.24, 2.45) is 0 Å². The summed E-state index contributed by atoms with van der Waals surface area (Å²) in [4.78, 5) is 5.40. The van der Waals surface area contributed by atoms with Gasteiger partial charge in [0, 0.05) is 49.1 Å². The van der Waals surface area contributed by atoms with Crippen molar-refractivity contribution in [3.63, 3.8) is 0 Å². The Morgan fingerprint density at radius 1 is 0.302 bits per heavy atom. The van der Waals surface area contributed by atoms with E-state index >= 15 is 0 Å². The van der Waals surface area contributed by atoms with E-state index in [4.69, 9.17) is 13.8 Å². The molecule has 63 heavy (non-hydrogen) atoms. The maximum absolute atomic E-state index is 6.57. The number of para-hydroxylation sites is 3. The third kappa shape index (κ3) is 5.80. The summed E-state index contributed by atoms with van der Waals surface area (Å²) in [5.74, 6) is 0.